The number of aromatic nitrogens is 2. The summed E-state index contributed by atoms with van der Waals surface area (Å²) in [5.74, 6) is 0.142. The van der Waals surface area contributed by atoms with Gasteiger partial charge in [0.1, 0.15) is 5.65 Å². The number of rotatable bonds is 4. The zero-order chi connectivity index (χ0) is 14.8. The molecular weight excluding hydrogens is 266 g/mol. The predicted octanol–water partition coefficient (Wildman–Crippen LogP) is 1.87. The topological polar surface area (TPSA) is 69.2 Å². The van der Waals surface area contributed by atoms with Crippen LogP contribution in [-0.4, -0.2) is 44.6 Å². The van der Waals surface area contributed by atoms with Gasteiger partial charge in [0.25, 0.3) is 0 Å². The molecule has 2 aromatic heterocycles. The van der Waals surface area contributed by atoms with E-state index in [4.69, 9.17) is 0 Å². The molecule has 0 spiro atoms. The Labute approximate surface area is 124 Å². The first-order valence-electron chi connectivity index (χ1n) is 7.53. The van der Waals surface area contributed by atoms with E-state index >= 15 is 0 Å². The number of pyridine rings is 1. The van der Waals surface area contributed by atoms with Gasteiger partial charge in [-0.3, -0.25) is 4.79 Å². The lowest BCUT2D eigenvalue weighted by molar-refractivity contribution is -0.131. The number of nitrogens with one attached hydrogen (secondary N) is 1. The molecular formula is C16H21N3O2. The third-order valence-corrected chi connectivity index (χ3v) is 4.19. The Morgan fingerprint density at radius 2 is 2.48 bits per heavy atom. The summed E-state index contributed by atoms with van der Waals surface area (Å²) < 4.78 is 0. The van der Waals surface area contributed by atoms with E-state index in [0.717, 1.165) is 36.0 Å². The highest BCUT2D eigenvalue weighted by Gasteiger charge is 2.29. The number of aliphatic hydroxyl groups is 1. The maximum absolute atomic E-state index is 12.6. The third kappa shape index (κ3) is 2.93. The monoisotopic (exact) mass is 287 g/mol. The SMILES string of the molecule is CC(O)CC1CCCN1C(=O)Cc1c[nH]c2ncccc12. The van der Waals surface area contributed by atoms with Crippen molar-refractivity contribution in [3.05, 3.63) is 30.1 Å². The summed E-state index contributed by atoms with van der Waals surface area (Å²) in [5.41, 5.74) is 1.81. The van der Waals surface area contributed by atoms with Crippen molar-refractivity contribution in [2.45, 2.75) is 44.8 Å². The van der Waals surface area contributed by atoms with Gasteiger partial charge in [-0.15, -0.1) is 0 Å². The van der Waals surface area contributed by atoms with Crippen LogP contribution in [0.25, 0.3) is 11.0 Å². The Bertz CT molecular complexity index is 635. The Hall–Kier alpha value is -1.88. The molecule has 0 aromatic carbocycles. The van der Waals surface area contributed by atoms with Crippen LogP contribution in [0.1, 0.15) is 31.7 Å². The molecule has 1 saturated heterocycles. The number of fused-ring (bicyclic) bond motifs is 1. The number of H-pyrrole nitrogens is 1. The number of nitrogens with zero attached hydrogens (tertiary/aromatic N) is 2. The van der Waals surface area contributed by atoms with Crippen molar-refractivity contribution in [2.75, 3.05) is 6.54 Å². The molecule has 1 aliphatic rings. The van der Waals surface area contributed by atoms with E-state index in [2.05, 4.69) is 9.97 Å². The zero-order valence-corrected chi connectivity index (χ0v) is 12.2. The second-order valence-corrected chi connectivity index (χ2v) is 5.86. The maximum Gasteiger partial charge on any atom is 0.227 e. The van der Waals surface area contributed by atoms with E-state index in [0.29, 0.717) is 12.8 Å². The maximum atomic E-state index is 12.6. The minimum Gasteiger partial charge on any atom is -0.393 e. The van der Waals surface area contributed by atoms with Crippen molar-refractivity contribution < 1.29 is 9.90 Å². The molecule has 2 atom stereocenters. The standard InChI is InChI=1S/C16H21N3O2/c1-11(20)8-13-4-3-7-19(13)15(21)9-12-10-18-16-14(12)5-2-6-17-16/h2,5-6,10-11,13,20H,3-4,7-9H2,1H3,(H,17,18). The summed E-state index contributed by atoms with van der Waals surface area (Å²) in [6, 6.07) is 4.05. The molecule has 0 saturated carbocycles. The summed E-state index contributed by atoms with van der Waals surface area (Å²) in [7, 11) is 0. The predicted molar refractivity (Wildman–Crippen MR) is 80.8 cm³/mol. The Morgan fingerprint density at radius 1 is 1.62 bits per heavy atom. The molecule has 3 heterocycles. The quantitative estimate of drug-likeness (QED) is 0.902. The van der Waals surface area contributed by atoms with Gasteiger partial charge in [-0.2, -0.15) is 0 Å². The first-order valence-corrected chi connectivity index (χ1v) is 7.53. The summed E-state index contributed by atoms with van der Waals surface area (Å²) in [5, 5.41) is 10.6. The van der Waals surface area contributed by atoms with Crippen LogP contribution in [0, 0.1) is 0 Å². The molecule has 5 nitrogen and oxygen atoms in total. The number of carbonyl (C=O) groups is 1. The molecule has 0 bridgehead atoms. The van der Waals surface area contributed by atoms with E-state index in [9.17, 15) is 9.90 Å². The van der Waals surface area contributed by atoms with Crippen molar-refractivity contribution >= 4 is 16.9 Å². The van der Waals surface area contributed by atoms with Crippen molar-refractivity contribution in [2.24, 2.45) is 0 Å². The zero-order valence-electron chi connectivity index (χ0n) is 12.2. The number of carbonyl (C=O) groups excluding carboxylic acids is 1. The van der Waals surface area contributed by atoms with Gasteiger partial charge in [0.2, 0.25) is 5.91 Å². The summed E-state index contributed by atoms with van der Waals surface area (Å²) in [6.07, 6.45) is 6.33. The molecule has 21 heavy (non-hydrogen) atoms. The first kappa shape index (κ1) is 14.1. The second-order valence-electron chi connectivity index (χ2n) is 5.86. The average Bonchev–Trinajstić information content (AvgIpc) is 3.06. The molecule has 1 amide bonds. The van der Waals surface area contributed by atoms with Crippen LogP contribution < -0.4 is 0 Å². The second kappa shape index (κ2) is 5.85. The van der Waals surface area contributed by atoms with Gasteiger partial charge in [0, 0.05) is 30.4 Å². The molecule has 2 unspecified atom stereocenters. The summed E-state index contributed by atoms with van der Waals surface area (Å²) in [6.45, 7) is 2.59. The highest BCUT2D eigenvalue weighted by Crippen LogP contribution is 2.24. The Morgan fingerprint density at radius 3 is 3.29 bits per heavy atom. The van der Waals surface area contributed by atoms with Gasteiger partial charge in [0.05, 0.1) is 12.5 Å². The van der Waals surface area contributed by atoms with Gasteiger partial charge in [-0.25, -0.2) is 4.98 Å². The van der Waals surface area contributed by atoms with Crippen LogP contribution >= 0.6 is 0 Å². The molecule has 3 rings (SSSR count). The molecule has 2 N–H and O–H groups in total. The highest BCUT2D eigenvalue weighted by molar-refractivity contribution is 5.87. The molecule has 0 radical (unpaired) electrons. The Kier molecular flexibility index (Phi) is 3.92. The lowest BCUT2D eigenvalue weighted by atomic mass is 10.1. The number of aliphatic hydroxyl groups excluding tert-OH is 1. The summed E-state index contributed by atoms with van der Waals surface area (Å²) >= 11 is 0. The van der Waals surface area contributed by atoms with Crippen LogP contribution in [-0.2, 0) is 11.2 Å². The fourth-order valence-electron chi connectivity index (χ4n) is 3.23. The van der Waals surface area contributed by atoms with Crippen molar-refractivity contribution in [3.63, 3.8) is 0 Å². The molecule has 5 heteroatoms. The van der Waals surface area contributed by atoms with Gasteiger partial charge < -0.3 is 15.0 Å². The van der Waals surface area contributed by atoms with E-state index in [-0.39, 0.29) is 18.1 Å². The van der Waals surface area contributed by atoms with Crippen molar-refractivity contribution in [3.8, 4) is 0 Å². The minimum absolute atomic E-state index is 0.142. The van der Waals surface area contributed by atoms with Crippen LogP contribution in [0.3, 0.4) is 0 Å². The van der Waals surface area contributed by atoms with Crippen LogP contribution in [0.4, 0.5) is 0 Å². The highest BCUT2D eigenvalue weighted by atomic mass is 16.3. The van der Waals surface area contributed by atoms with Gasteiger partial charge in [-0.1, -0.05) is 0 Å². The lowest BCUT2D eigenvalue weighted by Crippen LogP contribution is -2.38. The van der Waals surface area contributed by atoms with Crippen LogP contribution in [0.2, 0.25) is 0 Å². The summed E-state index contributed by atoms with van der Waals surface area (Å²) in [4.78, 5) is 21.8. The van der Waals surface area contributed by atoms with Crippen molar-refractivity contribution in [1.82, 2.24) is 14.9 Å². The van der Waals surface area contributed by atoms with Crippen LogP contribution in [0.15, 0.2) is 24.5 Å². The smallest absolute Gasteiger partial charge is 0.227 e. The van der Waals surface area contributed by atoms with E-state index in [1.54, 1.807) is 13.1 Å². The molecule has 112 valence electrons. The molecule has 2 aromatic rings. The first-order chi connectivity index (χ1) is 10.1. The fourth-order valence-corrected chi connectivity index (χ4v) is 3.23. The number of amides is 1. The number of hydrogen-bond acceptors (Lipinski definition) is 3. The lowest BCUT2D eigenvalue weighted by Gasteiger charge is -2.25. The van der Waals surface area contributed by atoms with Crippen molar-refractivity contribution in [1.29, 1.82) is 0 Å². The molecule has 1 fully saturated rings. The molecule has 1 aliphatic heterocycles. The Balaban J connectivity index is 1.74. The van der Waals surface area contributed by atoms with E-state index < -0.39 is 0 Å². The average molecular weight is 287 g/mol. The van der Waals surface area contributed by atoms with E-state index in [1.807, 2.05) is 23.2 Å². The number of hydrogen-bond donors (Lipinski definition) is 2. The van der Waals surface area contributed by atoms with E-state index in [1.165, 1.54) is 0 Å². The molecule has 0 aliphatic carbocycles. The largest absolute Gasteiger partial charge is 0.393 e. The third-order valence-electron chi connectivity index (χ3n) is 4.19. The number of aromatic amines is 1. The van der Waals surface area contributed by atoms with Gasteiger partial charge in [-0.05, 0) is 43.9 Å². The van der Waals surface area contributed by atoms with Gasteiger partial charge >= 0.3 is 0 Å². The number of likely N-dealkylation sites (tertiary alicyclic amines) is 1. The normalized spacial score (nSPS) is 20.1. The van der Waals surface area contributed by atoms with Crippen LogP contribution in [0.5, 0.6) is 0 Å². The van der Waals surface area contributed by atoms with Gasteiger partial charge in [0.15, 0.2) is 0 Å². The fraction of sp³-hybridized carbons (Fsp3) is 0.500. The minimum atomic E-state index is -0.360.